The minimum absolute atomic E-state index is 0.235. The number of esters is 1. The lowest BCUT2D eigenvalue weighted by molar-refractivity contribution is -0.149. The van der Waals surface area contributed by atoms with E-state index in [4.69, 9.17) is 9.47 Å². The number of amides is 2. The molecular formula is C26H23NO5S. The van der Waals surface area contributed by atoms with E-state index < -0.39 is 23.7 Å². The molecule has 168 valence electrons. The van der Waals surface area contributed by atoms with Gasteiger partial charge in [-0.1, -0.05) is 54.6 Å². The molecule has 0 spiro atoms. The van der Waals surface area contributed by atoms with Gasteiger partial charge in [-0.2, -0.15) is 0 Å². The lowest BCUT2D eigenvalue weighted by Gasteiger charge is -2.13. The maximum Gasteiger partial charge on any atom is 0.326 e. The minimum Gasteiger partial charge on any atom is -0.488 e. The third-order valence-corrected chi connectivity index (χ3v) is 5.85. The van der Waals surface area contributed by atoms with Crippen LogP contribution in [0.25, 0.3) is 16.8 Å². The molecule has 3 aromatic rings. The average molecular weight is 462 g/mol. The molecule has 0 atom stereocenters. The van der Waals surface area contributed by atoms with Gasteiger partial charge in [0.15, 0.2) is 0 Å². The smallest absolute Gasteiger partial charge is 0.326 e. The third kappa shape index (κ3) is 5.43. The van der Waals surface area contributed by atoms with Crippen LogP contribution in [0.1, 0.15) is 25.0 Å². The van der Waals surface area contributed by atoms with Gasteiger partial charge < -0.3 is 9.47 Å². The van der Waals surface area contributed by atoms with E-state index in [-0.39, 0.29) is 11.0 Å². The SMILES string of the molecule is CC(C)OC(=O)CN1C(=O)S/C(=C/c2ccccc2OCc2ccc3ccccc3c2)C1=O. The topological polar surface area (TPSA) is 72.9 Å². The van der Waals surface area contributed by atoms with E-state index in [0.717, 1.165) is 33.0 Å². The predicted molar refractivity (Wildman–Crippen MR) is 129 cm³/mol. The van der Waals surface area contributed by atoms with Crippen LogP contribution in [0.3, 0.4) is 0 Å². The van der Waals surface area contributed by atoms with Gasteiger partial charge in [0, 0.05) is 5.56 Å². The van der Waals surface area contributed by atoms with Crippen molar-refractivity contribution in [1.29, 1.82) is 0 Å². The van der Waals surface area contributed by atoms with Crippen molar-refractivity contribution in [2.24, 2.45) is 0 Å². The molecular weight excluding hydrogens is 438 g/mol. The van der Waals surface area contributed by atoms with E-state index in [1.807, 2.05) is 42.5 Å². The van der Waals surface area contributed by atoms with E-state index in [0.29, 0.717) is 17.9 Å². The van der Waals surface area contributed by atoms with Crippen molar-refractivity contribution in [3.63, 3.8) is 0 Å². The molecule has 0 aromatic heterocycles. The lowest BCUT2D eigenvalue weighted by atomic mass is 10.1. The molecule has 0 bridgehead atoms. The number of thioether (sulfide) groups is 1. The van der Waals surface area contributed by atoms with Crippen molar-refractivity contribution >= 4 is 45.7 Å². The summed E-state index contributed by atoms with van der Waals surface area (Å²) in [5, 5.41) is 1.80. The second kappa shape index (κ2) is 9.92. The first-order chi connectivity index (χ1) is 15.9. The van der Waals surface area contributed by atoms with Crippen LogP contribution in [0.15, 0.2) is 71.6 Å². The van der Waals surface area contributed by atoms with Crippen molar-refractivity contribution in [2.75, 3.05) is 6.54 Å². The molecule has 0 N–H and O–H groups in total. The van der Waals surface area contributed by atoms with Crippen LogP contribution in [0.5, 0.6) is 5.75 Å². The summed E-state index contributed by atoms with van der Waals surface area (Å²) in [7, 11) is 0. The summed E-state index contributed by atoms with van der Waals surface area (Å²) in [5.41, 5.74) is 1.70. The number of fused-ring (bicyclic) bond motifs is 1. The van der Waals surface area contributed by atoms with Gasteiger partial charge in [-0.15, -0.1) is 0 Å². The maximum atomic E-state index is 12.7. The molecule has 0 unspecified atom stereocenters. The number of ether oxygens (including phenoxy) is 2. The highest BCUT2D eigenvalue weighted by molar-refractivity contribution is 8.18. The van der Waals surface area contributed by atoms with Gasteiger partial charge in [-0.25, -0.2) is 0 Å². The Labute approximate surface area is 196 Å². The molecule has 0 aliphatic carbocycles. The first kappa shape index (κ1) is 22.6. The Morgan fingerprint density at radius 2 is 1.73 bits per heavy atom. The summed E-state index contributed by atoms with van der Waals surface area (Å²) in [6.07, 6.45) is 1.30. The molecule has 0 radical (unpaired) electrons. The van der Waals surface area contributed by atoms with E-state index in [2.05, 4.69) is 24.3 Å². The van der Waals surface area contributed by atoms with Gasteiger partial charge in [-0.05, 0) is 60.2 Å². The lowest BCUT2D eigenvalue weighted by Crippen LogP contribution is -2.35. The number of nitrogens with zero attached hydrogens (tertiary/aromatic N) is 1. The molecule has 3 aromatic carbocycles. The summed E-state index contributed by atoms with van der Waals surface area (Å²) >= 11 is 0.797. The standard InChI is InChI=1S/C26H23NO5S/c1-17(2)32-24(28)15-27-25(29)23(33-26(27)30)14-21-9-5-6-10-22(21)31-16-18-11-12-19-7-3-4-8-20(19)13-18/h3-14,17H,15-16H2,1-2H3/b23-14+. The Morgan fingerprint density at radius 1 is 1.00 bits per heavy atom. The predicted octanol–water partition coefficient (Wildman–Crippen LogP) is 5.41. The Bertz CT molecular complexity index is 1250. The molecule has 4 rings (SSSR count). The van der Waals surface area contributed by atoms with E-state index in [1.165, 1.54) is 0 Å². The molecule has 1 heterocycles. The summed E-state index contributed by atoms with van der Waals surface area (Å²) < 4.78 is 11.1. The summed E-state index contributed by atoms with van der Waals surface area (Å²) in [6.45, 7) is 3.37. The highest BCUT2D eigenvalue weighted by Crippen LogP contribution is 2.34. The fourth-order valence-corrected chi connectivity index (χ4v) is 4.26. The normalized spacial score (nSPS) is 15.0. The zero-order chi connectivity index (χ0) is 23.4. The number of hydrogen-bond donors (Lipinski definition) is 0. The molecule has 0 saturated carbocycles. The van der Waals surface area contributed by atoms with Crippen molar-refractivity contribution in [3.8, 4) is 5.75 Å². The van der Waals surface area contributed by atoms with Crippen LogP contribution in [-0.2, 0) is 20.9 Å². The quantitative estimate of drug-likeness (QED) is 0.346. The van der Waals surface area contributed by atoms with E-state index in [1.54, 1.807) is 19.9 Å². The van der Waals surface area contributed by atoms with Crippen molar-refractivity contribution < 1.29 is 23.9 Å². The monoisotopic (exact) mass is 461 g/mol. The number of hydrogen-bond acceptors (Lipinski definition) is 6. The molecule has 1 fully saturated rings. The van der Waals surface area contributed by atoms with E-state index >= 15 is 0 Å². The Balaban J connectivity index is 1.49. The van der Waals surface area contributed by atoms with Gasteiger partial charge in [0.25, 0.3) is 11.1 Å². The van der Waals surface area contributed by atoms with Crippen molar-refractivity contribution in [2.45, 2.75) is 26.6 Å². The molecule has 33 heavy (non-hydrogen) atoms. The first-order valence-corrected chi connectivity index (χ1v) is 11.4. The Hall–Kier alpha value is -3.58. The summed E-state index contributed by atoms with van der Waals surface area (Å²) in [4.78, 5) is 38.1. The van der Waals surface area contributed by atoms with Crippen LogP contribution < -0.4 is 4.74 Å². The zero-order valence-corrected chi connectivity index (χ0v) is 19.1. The maximum absolute atomic E-state index is 12.7. The fraction of sp³-hybridized carbons (Fsp3) is 0.192. The fourth-order valence-electron chi connectivity index (χ4n) is 3.43. The largest absolute Gasteiger partial charge is 0.488 e. The first-order valence-electron chi connectivity index (χ1n) is 10.5. The number of para-hydroxylation sites is 1. The second-order valence-corrected chi connectivity index (χ2v) is 8.81. The average Bonchev–Trinajstić information content (AvgIpc) is 3.05. The molecule has 7 heteroatoms. The van der Waals surface area contributed by atoms with Crippen LogP contribution in [0, 0.1) is 0 Å². The third-order valence-electron chi connectivity index (χ3n) is 4.94. The van der Waals surface area contributed by atoms with Crippen molar-refractivity contribution in [1.82, 2.24) is 4.90 Å². The Morgan fingerprint density at radius 3 is 2.52 bits per heavy atom. The number of carbonyl (C=O) groups excluding carboxylic acids is 3. The number of rotatable bonds is 7. The van der Waals surface area contributed by atoms with Gasteiger partial charge in [0.2, 0.25) is 0 Å². The van der Waals surface area contributed by atoms with Gasteiger partial charge in [-0.3, -0.25) is 19.3 Å². The summed E-state index contributed by atoms with van der Waals surface area (Å²) in [5.74, 6) is -0.542. The minimum atomic E-state index is -0.618. The van der Waals surface area contributed by atoms with E-state index in [9.17, 15) is 14.4 Å². The molecule has 1 aliphatic rings. The second-order valence-electron chi connectivity index (χ2n) is 7.81. The molecule has 1 saturated heterocycles. The summed E-state index contributed by atoms with van der Waals surface area (Å²) in [6, 6.07) is 21.6. The van der Waals surface area contributed by atoms with Crippen LogP contribution in [-0.4, -0.2) is 34.7 Å². The highest BCUT2D eigenvalue weighted by Gasteiger charge is 2.37. The zero-order valence-electron chi connectivity index (χ0n) is 18.3. The van der Waals surface area contributed by atoms with Gasteiger partial charge >= 0.3 is 5.97 Å². The number of carbonyl (C=O) groups is 3. The molecule has 2 amide bonds. The Kier molecular flexibility index (Phi) is 6.79. The van der Waals surface area contributed by atoms with Crippen molar-refractivity contribution in [3.05, 3.63) is 82.8 Å². The van der Waals surface area contributed by atoms with Crippen LogP contribution in [0.2, 0.25) is 0 Å². The van der Waals surface area contributed by atoms with Crippen LogP contribution >= 0.6 is 11.8 Å². The molecule has 1 aliphatic heterocycles. The van der Waals surface area contributed by atoms with Gasteiger partial charge in [0.05, 0.1) is 11.0 Å². The van der Waals surface area contributed by atoms with Crippen LogP contribution in [0.4, 0.5) is 4.79 Å². The van der Waals surface area contributed by atoms with Gasteiger partial charge in [0.1, 0.15) is 18.9 Å². The molecule has 6 nitrogen and oxygen atoms in total. The number of benzene rings is 3. The highest BCUT2D eigenvalue weighted by atomic mass is 32.2. The number of imide groups is 1.